The summed E-state index contributed by atoms with van der Waals surface area (Å²) < 4.78 is 1.94. The Bertz CT molecular complexity index is 673. The van der Waals surface area contributed by atoms with Gasteiger partial charge >= 0.3 is 0 Å². The molecule has 1 aliphatic rings. The highest BCUT2D eigenvalue weighted by Gasteiger charge is 2.35. The van der Waals surface area contributed by atoms with Gasteiger partial charge in [-0.1, -0.05) is 44.2 Å². The van der Waals surface area contributed by atoms with Crippen molar-refractivity contribution >= 4 is 5.91 Å². The Kier molecular flexibility index (Phi) is 3.77. The molecule has 3 rings (SSSR count). The van der Waals surface area contributed by atoms with E-state index in [0.29, 0.717) is 6.42 Å². The van der Waals surface area contributed by atoms with E-state index in [2.05, 4.69) is 24.3 Å². The smallest absolute Gasteiger partial charge is 0.224 e. The van der Waals surface area contributed by atoms with Crippen molar-refractivity contribution < 1.29 is 4.79 Å². The second kappa shape index (κ2) is 5.59. The van der Waals surface area contributed by atoms with Crippen LogP contribution in [0.15, 0.2) is 36.5 Å². The first-order valence-corrected chi connectivity index (χ1v) is 7.79. The molecule has 0 fully saturated rings. The lowest BCUT2D eigenvalue weighted by Crippen LogP contribution is -2.37. The van der Waals surface area contributed by atoms with Gasteiger partial charge in [0.1, 0.15) is 0 Å². The quantitative estimate of drug-likeness (QED) is 0.947. The molecule has 0 saturated heterocycles. The molecule has 0 aliphatic heterocycles. The average molecular weight is 297 g/mol. The van der Waals surface area contributed by atoms with Gasteiger partial charge in [-0.2, -0.15) is 5.10 Å². The molecule has 1 atom stereocenters. The van der Waals surface area contributed by atoms with Crippen molar-refractivity contribution in [3.8, 4) is 0 Å². The Morgan fingerprint density at radius 3 is 2.82 bits per heavy atom. The topological polar surface area (TPSA) is 46.9 Å². The van der Waals surface area contributed by atoms with Crippen LogP contribution in [0.1, 0.15) is 43.1 Å². The fraction of sp³-hybridized carbons (Fsp3) is 0.444. The Hall–Kier alpha value is -2.10. The lowest BCUT2D eigenvalue weighted by molar-refractivity contribution is -0.121. The van der Waals surface area contributed by atoms with Gasteiger partial charge in [0.05, 0.1) is 18.7 Å². The van der Waals surface area contributed by atoms with Crippen molar-refractivity contribution in [3.63, 3.8) is 0 Å². The number of fused-ring (bicyclic) bond motifs is 1. The number of nitrogens with zero attached hydrogens (tertiary/aromatic N) is 2. The van der Waals surface area contributed by atoms with Gasteiger partial charge in [0.15, 0.2) is 0 Å². The van der Waals surface area contributed by atoms with Crippen molar-refractivity contribution in [2.45, 2.75) is 39.2 Å². The maximum atomic E-state index is 12.4. The molecule has 1 aromatic carbocycles. The number of rotatable bonds is 3. The number of amides is 1. The predicted molar refractivity (Wildman–Crippen MR) is 86.3 cm³/mol. The molecule has 1 heterocycles. The monoisotopic (exact) mass is 297 g/mol. The summed E-state index contributed by atoms with van der Waals surface area (Å²) >= 11 is 0. The van der Waals surface area contributed by atoms with Crippen molar-refractivity contribution in [2.24, 2.45) is 12.5 Å². The van der Waals surface area contributed by atoms with E-state index in [1.54, 1.807) is 0 Å². The Morgan fingerprint density at radius 2 is 2.09 bits per heavy atom. The summed E-state index contributed by atoms with van der Waals surface area (Å²) in [5, 5.41) is 7.57. The zero-order valence-corrected chi connectivity index (χ0v) is 13.5. The van der Waals surface area contributed by atoms with Crippen LogP contribution in [0.3, 0.4) is 0 Å². The summed E-state index contributed by atoms with van der Waals surface area (Å²) in [6, 6.07) is 9.92. The highest BCUT2D eigenvalue weighted by atomic mass is 16.1. The molecule has 0 saturated carbocycles. The third kappa shape index (κ3) is 3.06. The Labute approximate surface area is 131 Å². The van der Waals surface area contributed by atoms with Crippen LogP contribution in [-0.4, -0.2) is 15.7 Å². The molecule has 0 spiro atoms. The fourth-order valence-corrected chi connectivity index (χ4v) is 3.33. The Balaban J connectivity index is 1.76. The van der Waals surface area contributed by atoms with Gasteiger partial charge in [0.2, 0.25) is 5.91 Å². The average Bonchev–Trinajstić information content (AvgIpc) is 2.80. The largest absolute Gasteiger partial charge is 0.349 e. The van der Waals surface area contributed by atoms with E-state index in [1.807, 2.05) is 48.3 Å². The van der Waals surface area contributed by atoms with Gasteiger partial charge in [0, 0.05) is 18.3 Å². The van der Waals surface area contributed by atoms with E-state index in [4.69, 9.17) is 0 Å². The van der Waals surface area contributed by atoms with Gasteiger partial charge < -0.3 is 5.32 Å². The predicted octanol–water partition coefficient (Wildman–Crippen LogP) is 2.79. The molecule has 1 N–H and O–H groups in total. The summed E-state index contributed by atoms with van der Waals surface area (Å²) in [4.78, 5) is 12.4. The first kappa shape index (κ1) is 14.8. The standard InChI is InChI=1S/C18H23N3O/c1-18(2)10-15(14-12-19-21(3)16(14)11-18)20-17(22)9-13-7-5-4-6-8-13/h4-8,12,15H,9-11H2,1-3H3,(H,20,22)/t15-/m1/s1. The highest BCUT2D eigenvalue weighted by molar-refractivity contribution is 5.79. The van der Waals surface area contributed by atoms with Gasteiger partial charge in [-0.3, -0.25) is 9.48 Å². The minimum absolute atomic E-state index is 0.0589. The molecule has 1 aromatic heterocycles. The molecular formula is C18H23N3O. The number of hydrogen-bond acceptors (Lipinski definition) is 2. The van der Waals surface area contributed by atoms with Gasteiger partial charge in [-0.05, 0) is 23.8 Å². The number of carbonyl (C=O) groups excluding carboxylic acids is 1. The number of aryl methyl sites for hydroxylation is 1. The molecule has 22 heavy (non-hydrogen) atoms. The second-order valence-corrected chi connectivity index (χ2v) is 7.00. The number of nitrogens with one attached hydrogen (secondary N) is 1. The van der Waals surface area contributed by atoms with E-state index in [-0.39, 0.29) is 17.4 Å². The molecule has 2 aromatic rings. The first-order chi connectivity index (χ1) is 10.4. The summed E-state index contributed by atoms with van der Waals surface area (Å²) in [5.41, 5.74) is 3.62. The zero-order valence-electron chi connectivity index (χ0n) is 13.5. The summed E-state index contributed by atoms with van der Waals surface area (Å²) in [6.45, 7) is 4.50. The normalized spacial score (nSPS) is 19.5. The molecule has 0 unspecified atom stereocenters. The van der Waals surface area contributed by atoms with E-state index < -0.39 is 0 Å². The van der Waals surface area contributed by atoms with Crippen LogP contribution < -0.4 is 5.32 Å². The highest BCUT2D eigenvalue weighted by Crippen LogP contribution is 2.40. The van der Waals surface area contributed by atoms with Crippen LogP contribution in [0.4, 0.5) is 0 Å². The van der Waals surface area contributed by atoms with Crippen LogP contribution >= 0.6 is 0 Å². The van der Waals surface area contributed by atoms with Crippen molar-refractivity contribution in [1.29, 1.82) is 0 Å². The second-order valence-electron chi connectivity index (χ2n) is 7.00. The first-order valence-electron chi connectivity index (χ1n) is 7.79. The number of aromatic nitrogens is 2. The fourth-order valence-electron chi connectivity index (χ4n) is 3.33. The third-order valence-electron chi connectivity index (χ3n) is 4.41. The van der Waals surface area contributed by atoms with Gasteiger partial charge in [-0.25, -0.2) is 0 Å². The molecule has 1 aliphatic carbocycles. The summed E-state index contributed by atoms with van der Waals surface area (Å²) in [6.07, 6.45) is 4.28. The molecule has 116 valence electrons. The lowest BCUT2D eigenvalue weighted by atomic mass is 9.74. The van der Waals surface area contributed by atoms with Crippen molar-refractivity contribution in [1.82, 2.24) is 15.1 Å². The molecular weight excluding hydrogens is 274 g/mol. The van der Waals surface area contributed by atoms with E-state index in [9.17, 15) is 4.79 Å². The molecule has 1 amide bonds. The number of hydrogen-bond donors (Lipinski definition) is 1. The molecule has 0 bridgehead atoms. The van der Waals surface area contributed by atoms with Crippen LogP contribution in [0, 0.1) is 5.41 Å². The number of carbonyl (C=O) groups is 1. The summed E-state index contributed by atoms with van der Waals surface area (Å²) in [5.74, 6) is 0.0729. The molecule has 4 heteroatoms. The maximum Gasteiger partial charge on any atom is 0.224 e. The zero-order chi connectivity index (χ0) is 15.7. The van der Waals surface area contributed by atoms with Crippen LogP contribution in [-0.2, 0) is 24.7 Å². The SMILES string of the molecule is Cn1ncc2c1CC(C)(C)C[C@H]2NC(=O)Cc1ccccc1. The Morgan fingerprint density at radius 1 is 1.36 bits per heavy atom. The minimum atomic E-state index is 0.0589. The molecule has 0 radical (unpaired) electrons. The number of benzene rings is 1. The van der Waals surface area contributed by atoms with Crippen molar-refractivity contribution in [3.05, 3.63) is 53.3 Å². The van der Waals surface area contributed by atoms with Gasteiger partial charge in [-0.15, -0.1) is 0 Å². The molecule has 4 nitrogen and oxygen atoms in total. The van der Waals surface area contributed by atoms with E-state index >= 15 is 0 Å². The van der Waals surface area contributed by atoms with E-state index in [1.165, 1.54) is 11.3 Å². The summed E-state index contributed by atoms with van der Waals surface area (Å²) in [7, 11) is 1.98. The maximum absolute atomic E-state index is 12.4. The minimum Gasteiger partial charge on any atom is -0.349 e. The van der Waals surface area contributed by atoms with Crippen LogP contribution in [0.2, 0.25) is 0 Å². The third-order valence-corrected chi connectivity index (χ3v) is 4.41. The lowest BCUT2D eigenvalue weighted by Gasteiger charge is -2.35. The van der Waals surface area contributed by atoms with Crippen LogP contribution in [0.5, 0.6) is 0 Å². The van der Waals surface area contributed by atoms with Crippen LogP contribution in [0.25, 0.3) is 0 Å². The van der Waals surface area contributed by atoms with Gasteiger partial charge in [0.25, 0.3) is 0 Å². The van der Waals surface area contributed by atoms with E-state index in [0.717, 1.165) is 18.4 Å². The van der Waals surface area contributed by atoms with Crippen molar-refractivity contribution in [2.75, 3.05) is 0 Å².